The summed E-state index contributed by atoms with van der Waals surface area (Å²) in [7, 11) is 0. The Kier molecular flexibility index (Phi) is 31.8. The second kappa shape index (κ2) is 39.5. The summed E-state index contributed by atoms with van der Waals surface area (Å²) < 4.78 is 0. The van der Waals surface area contributed by atoms with Gasteiger partial charge in [0.25, 0.3) is 0 Å². The zero-order valence-electron chi connectivity index (χ0n) is 53.3. The van der Waals surface area contributed by atoms with Crippen molar-refractivity contribution < 1.29 is 63.0 Å². The van der Waals surface area contributed by atoms with E-state index in [0.29, 0.717) is 75.6 Å². The van der Waals surface area contributed by atoms with Gasteiger partial charge in [0.2, 0.25) is 59.1 Å². The van der Waals surface area contributed by atoms with Crippen LogP contribution in [0.2, 0.25) is 0 Å². The summed E-state index contributed by atoms with van der Waals surface area (Å²) in [5, 5.41) is 39.0. The normalized spacial score (nSPS) is 18.2. The van der Waals surface area contributed by atoms with Crippen molar-refractivity contribution in [3.63, 3.8) is 0 Å². The third kappa shape index (κ3) is 24.2. The molecule has 94 heavy (non-hydrogen) atoms. The number of nitrogens with one attached hydrogen (secondary N) is 7. The molecule has 3 saturated heterocycles. The van der Waals surface area contributed by atoms with Crippen LogP contribution in [0.1, 0.15) is 114 Å². The first-order valence-corrected chi connectivity index (χ1v) is 32.3. The SMILES string of the molecule is NCCCC[C@H](NC(=O)[C@@H](N)CCCCN)C(=O)N[C@@H](CCCN=C(N)N)C(=O)N1CCC[C@H]1C(=O)N1CCC[C@H]1C(=O)NCC(=O)N[C@@H](Cc1ccccc1)C(=O)N[C@@H](CO)C(=O)N1CCC[C@H]1C(=O)N[C@@H](Cc1ccccc1)C(=O)N[C@@H](CCCN=C(N)N)C(=O)O. The summed E-state index contributed by atoms with van der Waals surface area (Å²) in [6, 6.07) is 5.07. The Labute approximate surface area is 546 Å². The molecule has 0 saturated carbocycles. The number of benzene rings is 2. The summed E-state index contributed by atoms with van der Waals surface area (Å²) in [6.45, 7) is -0.269. The van der Waals surface area contributed by atoms with Crippen LogP contribution >= 0.6 is 0 Å². The lowest BCUT2D eigenvalue weighted by molar-refractivity contribution is -0.148. The minimum atomic E-state index is -1.63. The maximum Gasteiger partial charge on any atom is 0.326 e. The predicted molar refractivity (Wildman–Crippen MR) is 347 cm³/mol. The number of aliphatic carboxylic acids is 1. The number of likely N-dealkylation sites (tertiary alicyclic amines) is 3. The molecule has 10 atom stereocenters. The zero-order valence-corrected chi connectivity index (χ0v) is 53.3. The van der Waals surface area contributed by atoms with Crippen LogP contribution in [0.3, 0.4) is 0 Å². The van der Waals surface area contributed by atoms with Crippen molar-refractivity contribution >= 4 is 77.0 Å². The number of aliphatic hydroxyl groups excluding tert-OH is 1. The second-order valence-electron chi connectivity index (χ2n) is 23.7. The Morgan fingerprint density at radius 2 is 0.926 bits per heavy atom. The molecule has 3 aliphatic rings. The highest BCUT2D eigenvalue weighted by atomic mass is 16.4. The number of aliphatic hydroxyl groups is 1. The summed E-state index contributed by atoms with van der Waals surface area (Å²) in [6.07, 6.45) is 4.89. The van der Waals surface area contributed by atoms with E-state index in [0.717, 1.165) is 0 Å². The minimum Gasteiger partial charge on any atom is -0.480 e. The van der Waals surface area contributed by atoms with Gasteiger partial charge in [-0.15, -0.1) is 0 Å². The number of unbranched alkanes of at least 4 members (excludes halogenated alkanes) is 2. The fourth-order valence-corrected chi connectivity index (χ4v) is 11.6. The van der Waals surface area contributed by atoms with Gasteiger partial charge in [0.15, 0.2) is 11.9 Å². The highest BCUT2D eigenvalue weighted by Gasteiger charge is 2.45. The Balaban J connectivity index is 1.24. The van der Waals surface area contributed by atoms with Crippen molar-refractivity contribution in [1.29, 1.82) is 0 Å². The Hall–Kier alpha value is -9.01. The number of nitrogens with zero attached hydrogens (tertiary/aromatic N) is 5. The van der Waals surface area contributed by atoms with Crippen LogP contribution in [0.25, 0.3) is 0 Å². The minimum absolute atomic E-state index is 0.0249. The number of hydrogen-bond donors (Lipinski definition) is 16. The van der Waals surface area contributed by atoms with Crippen LogP contribution in [-0.2, 0) is 65.6 Å². The van der Waals surface area contributed by atoms with Gasteiger partial charge in [0.1, 0.15) is 54.4 Å². The van der Waals surface area contributed by atoms with E-state index >= 15 is 0 Å². The molecule has 0 aliphatic carbocycles. The first-order valence-electron chi connectivity index (χ1n) is 32.3. The Morgan fingerprint density at radius 3 is 1.46 bits per heavy atom. The molecule has 32 heteroatoms. The smallest absolute Gasteiger partial charge is 0.326 e. The van der Waals surface area contributed by atoms with Crippen LogP contribution in [0, 0.1) is 0 Å². The van der Waals surface area contributed by atoms with Gasteiger partial charge in [-0.1, -0.05) is 67.1 Å². The molecule has 3 fully saturated rings. The predicted octanol–water partition coefficient (Wildman–Crippen LogP) is -4.76. The average Bonchev–Trinajstić information content (AvgIpc) is 1.64. The van der Waals surface area contributed by atoms with Gasteiger partial charge in [0.05, 0.1) is 19.2 Å². The van der Waals surface area contributed by atoms with Gasteiger partial charge in [-0.25, -0.2) is 4.79 Å². The molecule has 32 nitrogen and oxygen atoms in total. The second-order valence-corrected chi connectivity index (χ2v) is 23.7. The van der Waals surface area contributed by atoms with Gasteiger partial charge in [-0.2, -0.15) is 0 Å². The molecule has 23 N–H and O–H groups in total. The topological polar surface area (TPSA) is 529 Å². The molecule has 0 unspecified atom stereocenters. The number of carbonyl (C=O) groups excluding carboxylic acids is 10. The van der Waals surface area contributed by atoms with Crippen LogP contribution in [0.15, 0.2) is 70.6 Å². The monoisotopic (exact) mass is 1320 g/mol. The first kappa shape index (κ1) is 75.7. The van der Waals surface area contributed by atoms with Gasteiger partial charge >= 0.3 is 5.97 Å². The first-order chi connectivity index (χ1) is 45.1. The van der Waals surface area contributed by atoms with E-state index in [1.165, 1.54) is 14.7 Å². The van der Waals surface area contributed by atoms with E-state index in [-0.39, 0.29) is 109 Å². The summed E-state index contributed by atoms with van der Waals surface area (Å²) >= 11 is 0. The number of carbonyl (C=O) groups is 11. The lowest BCUT2D eigenvalue weighted by Crippen LogP contribution is -2.60. The number of hydrogen-bond acceptors (Lipinski definition) is 17. The van der Waals surface area contributed by atoms with E-state index in [1.54, 1.807) is 60.7 Å². The number of aliphatic imine (C=N–C) groups is 2. The molecule has 0 spiro atoms. The number of carboxylic acid groups (broad SMARTS) is 1. The number of carboxylic acids is 1. The van der Waals surface area contributed by atoms with E-state index in [9.17, 15) is 63.0 Å². The average molecular weight is 1320 g/mol. The number of nitrogens with two attached hydrogens (primary N) is 7. The van der Waals surface area contributed by atoms with Crippen LogP contribution in [0.4, 0.5) is 0 Å². The van der Waals surface area contributed by atoms with Crippen molar-refractivity contribution in [3.8, 4) is 0 Å². The third-order valence-electron chi connectivity index (χ3n) is 16.6. The molecule has 2 aromatic rings. The van der Waals surface area contributed by atoms with Gasteiger partial charge in [-0.3, -0.25) is 57.9 Å². The standard InChI is InChI=1S/C62H97N19O13/c63-27-9-7-20-40(65)51(84)74-41(21-8-10-28-64)52(85)75-42(22-11-29-70-61(66)67)57(90)81-33-15-26-49(81)59(92)80-32-13-24-47(80)55(88)72-36-50(83)73-44(34-38-16-3-1-4-17-38)53(86)78-46(37-82)58(91)79-31-14-25-48(79)56(89)77-45(35-39-18-5-2-6-19-39)54(87)76-43(60(93)94)23-12-30-71-62(68)69/h1-6,16-19,40-49,82H,7-15,20-37,63-65H2,(H,72,88)(H,73,83)(H,74,84)(H,75,85)(H,76,87)(H,77,89)(H,78,86)(H,93,94)(H4,66,67,70)(H4,68,69,71)/t40-,41-,42-,43-,44-,45-,46-,47-,48-,49-/m0/s1. The summed E-state index contributed by atoms with van der Waals surface area (Å²) in [5.74, 6) is -8.77. The lowest BCUT2D eigenvalue weighted by Gasteiger charge is -2.33. The van der Waals surface area contributed by atoms with Gasteiger partial charge in [0, 0.05) is 45.6 Å². The Morgan fingerprint density at radius 1 is 0.489 bits per heavy atom. The molecule has 10 amide bonds. The zero-order chi connectivity index (χ0) is 68.7. The molecular weight excluding hydrogens is 1220 g/mol. The van der Waals surface area contributed by atoms with Crippen molar-refractivity contribution in [3.05, 3.63) is 71.8 Å². The molecular formula is C62H97N19O13. The number of guanidine groups is 2. The summed E-state index contributed by atoms with van der Waals surface area (Å²) in [4.78, 5) is 165. The molecule has 3 aliphatic heterocycles. The summed E-state index contributed by atoms with van der Waals surface area (Å²) in [5.41, 5.74) is 40.6. The molecule has 0 radical (unpaired) electrons. The van der Waals surface area contributed by atoms with Crippen molar-refractivity contribution in [2.45, 2.75) is 176 Å². The maximum atomic E-state index is 14.6. The quantitative estimate of drug-likeness (QED) is 0.0170. The number of rotatable bonds is 39. The molecule has 518 valence electrons. The van der Waals surface area contributed by atoms with Crippen LogP contribution in [0.5, 0.6) is 0 Å². The fraction of sp³-hybridized carbons (Fsp3) is 0.597. The molecule has 0 bridgehead atoms. The largest absolute Gasteiger partial charge is 0.480 e. The molecule has 0 aromatic heterocycles. The molecule has 3 heterocycles. The fourth-order valence-electron chi connectivity index (χ4n) is 11.6. The van der Waals surface area contributed by atoms with Crippen molar-refractivity contribution in [2.75, 3.05) is 59.0 Å². The molecule has 5 rings (SSSR count). The van der Waals surface area contributed by atoms with E-state index in [4.69, 9.17) is 40.1 Å². The van der Waals surface area contributed by atoms with Gasteiger partial charge in [-0.05, 0) is 121 Å². The lowest BCUT2D eigenvalue weighted by atomic mass is 10.0. The third-order valence-corrected chi connectivity index (χ3v) is 16.6. The van der Waals surface area contributed by atoms with Crippen molar-refractivity contribution in [2.24, 2.45) is 50.1 Å². The number of amides is 10. The van der Waals surface area contributed by atoms with E-state index in [1.807, 2.05) is 0 Å². The van der Waals surface area contributed by atoms with Crippen LogP contribution < -0.4 is 77.4 Å². The van der Waals surface area contributed by atoms with Crippen molar-refractivity contribution in [1.82, 2.24) is 51.9 Å². The Bertz CT molecular complexity index is 2920. The van der Waals surface area contributed by atoms with E-state index in [2.05, 4.69) is 47.2 Å². The highest BCUT2D eigenvalue weighted by molar-refractivity contribution is 5.99. The van der Waals surface area contributed by atoms with Gasteiger partial charge < -0.3 is 102 Å². The highest BCUT2D eigenvalue weighted by Crippen LogP contribution is 2.27. The van der Waals surface area contributed by atoms with Crippen LogP contribution in [-0.4, -0.2) is 221 Å². The van der Waals surface area contributed by atoms with E-state index < -0.39 is 139 Å². The maximum absolute atomic E-state index is 14.6. The molecule has 2 aromatic carbocycles.